The molecule has 0 aliphatic heterocycles. The number of benzene rings is 1. The molecule has 0 spiro atoms. The minimum Gasteiger partial charge on any atom is -0.481 e. The molecule has 1 heterocycles. The number of aliphatic carboxylic acids is 1. The van der Waals surface area contributed by atoms with Gasteiger partial charge in [0.05, 0.1) is 11.9 Å². The molecule has 5 heteroatoms. The number of hydrogen-bond donors (Lipinski definition) is 1. The summed E-state index contributed by atoms with van der Waals surface area (Å²) < 4.78 is 0.861. The summed E-state index contributed by atoms with van der Waals surface area (Å²) >= 11 is 3.40. The van der Waals surface area contributed by atoms with Gasteiger partial charge in [0, 0.05) is 28.0 Å². The van der Waals surface area contributed by atoms with Crippen molar-refractivity contribution in [1.82, 2.24) is 4.98 Å². The van der Waals surface area contributed by atoms with Crippen molar-refractivity contribution >= 4 is 38.6 Å². The van der Waals surface area contributed by atoms with E-state index in [0.29, 0.717) is 11.1 Å². The molecule has 1 aromatic carbocycles. The molecular weight excluding hydrogens is 298 g/mol. The van der Waals surface area contributed by atoms with Crippen LogP contribution in [0.25, 0.3) is 10.9 Å². The summed E-state index contributed by atoms with van der Waals surface area (Å²) in [5.74, 6) is -1.17. The lowest BCUT2D eigenvalue weighted by molar-refractivity contribution is -0.136. The zero-order valence-electron chi connectivity index (χ0n) is 9.39. The standard InChI is InChI=1S/C13H10BrNO3/c14-10-4-3-9(11(16)5-6-12(17)18)13-8(10)2-1-7-15-13/h1-4,7H,5-6H2,(H,17,18). The van der Waals surface area contributed by atoms with Crippen LogP contribution in [0.5, 0.6) is 0 Å². The first-order chi connectivity index (χ1) is 8.59. The van der Waals surface area contributed by atoms with Crippen molar-refractivity contribution in [3.8, 4) is 0 Å². The SMILES string of the molecule is O=C(O)CCC(=O)c1ccc(Br)c2cccnc12. The Bertz CT molecular complexity index is 625. The molecule has 18 heavy (non-hydrogen) atoms. The number of hydrogen-bond acceptors (Lipinski definition) is 3. The van der Waals surface area contributed by atoms with Crippen molar-refractivity contribution < 1.29 is 14.7 Å². The normalized spacial score (nSPS) is 10.5. The van der Waals surface area contributed by atoms with Gasteiger partial charge < -0.3 is 5.11 Å². The highest BCUT2D eigenvalue weighted by Crippen LogP contribution is 2.26. The Morgan fingerprint density at radius 1 is 1.22 bits per heavy atom. The van der Waals surface area contributed by atoms with Gasteiger partial charge in [-0.15, -0.1) is 0 Å². The average molecular weight is 308 g/mol. The summed E-state index contributed by atoms with van der Waals surface area (Å²) in [5.41, 5.74) is 1.07. The summed E-state index contributed by atoms with van der Waals surface area (Å²) in [5, 5.41) is 9.44. The maximum absolute atomic E-state index is 12.0. The van der Waals surface area contributed by atoms with E-state index in [1.54, 1.807) is 24.4 Å². The number of aromatic nitrogens is 1. The summed E-state index contributed by atoms with van der Waals surface area (Å²) in [6.45, 7) is 0. The van der Waals surface area contributed by atoms with Crippen LogP contribution in [0, 0.1) is 0 Å². The number of ketones is 1. The van der Waals surface area contributed by atoms with E-state index in [4.69, 9.17) is 5.11 Å². The summed E-state index contributed by atoms with van der Waals surface area (Å²) in [4.78, 5) is 26.6. The van der Waals surface area contributed by atoms with E-state index in [1.807, 2.05) is 6.07 Å². The number of Topliss-reactive ketones (excluding diaryl/α,β-unsaturated/α-hetero) is 1. The van der Waals surface area contributed by atoms with Gasteiger partial charge >= 0.3 is 5.97 Å². The third kappa shape index (κ3) is 2.56. The molecule has 0 radical (unpaired) electrons. The van der Waals surface area contributed by atoms with Gasteiger partial charge in [-0.05, 0) is 18.2 Å². The molecule has 4 nitrogen and oxygen atoms in total. The molecule has 0 bridgehead atoms. The van der Waals surface area contributed by atoms with Crippen LogP contribution < -0.4 is 0 Å². The summed E-state index contributed by atoms with van der Waals surface area (Å²) in [6, 6.07) is 7.10. The summed E-state index contributed by atoms with van der Waals surface area (Å²) in [7, 11) is 0. The van der Waals surface area contributed by atoms with E-state index >= 15 is 0 Å². The predicted molar refractivity (Wildman–Crippen MR) is 70.6 cm³/mol. The first-order valence-electron chi connectivity index (χ1n) is 5.38. The lowest BCUT2D eigenvalue weighted by Gasteiger charge is -2.05. The van der Waals surface area contributed by atoms with Crippen molar-refractivity contribution in [2.24, 2.45) is 0 Å². The number of carbonyl (C=O) groups is 2. The van der Waals surface area contributed by atoms with Gasteiger partial charge in [-0.3, -0.25) is 14.6 Å². The number of nitrogens with zero attached hydrogens (tertiary/aromatic N) is 1. The fourth-order valence-electron chi connectivity index (χ4n) is 1.72. The maximum Gasteiger partial charge on any atom is 0.303 e. The zero-order chi connectivity index (χ0) is 13.1. The Hall–Kier alpha value is -1.75. The third-order valence-corrected chi connectivity index (χ3v) is 3.27. The molecule has 2 rings (SSSR count). The van der Waals surface area contributed by atoms with Gasteiger partial charge in [-0.25, -0.2) is 0 Å². The highest BCUT2D eigenvalue weighted by atomic mass is 79.9. The second-order valence-corrected chi connectivity index (χ2v) is 4.67. The highest BCUT2D eigenvalue weighted by molar-refractivity contribution is 9.10. The average Bonchev–Trinajstić information content (AvgIpc) is 2.37. The Kier molecular flexibility index (Phi) is 3.72. The molecule has 1 N–H and O–H groups in total. The molecule has 0 fully saturated rings. The lowest BCUT2D eigenvalue weighted by atomic mass is 10.0. The first-order valence-corrected chi connectivity index (χ1v) is 6.17. The molecule has 0 amide bonds. The van der Waals surface area contributed by atoms with Crippen LogP contribution in [-0.4, -0.2) is 21.8 Å². The Balaban J connectivity index is 2.42. The number of carboxylic acids is 1. The van der Waals surface area contributed by atoms with Crippen molar-refractivity contribution in [1.29, 1.82) is 0 Å². The van der Waals surface area contributed by atoms with Crippen molar-refractivity contribution in [3.63, 3.8) is 0 Å². The van der Waals surface area contributed by atoms with Crippen LogP contribution in [-0.2, 0) is 4.79 Å². The van der Waals surface area contributed by atoms with Crippen molar-refractivity contribution in [2.45, 2.75) is 12.8 Å². The molecule has 92 valence electrons. The van der Waals surface area contributed by atoms with Crippen molar-refractivity contribution in [2.75, 3.05) is 0 Å². The number of carboxylic acid groups (broad SMARTS) is 1. The number of halogens is 1. The summed E-state index contributed by atoms with van der Waals surface area (Å²) in [6.07, 6.45) is 1.44. The zero-order valence-corrected chi connectivity index (χ0v) is 11.0. The second kappa shape index (κ2) is 5.27. The van der Waals surface area contributed by atoms with Crippen LogP contribution in [0.2, 0.25) is 0 Å². The van der Waals surface area contributed by atoms with Gasteiger partial charge in [0.15, 0.2) is 5.78 Å². The third-order valence-electron chi connectivity index (χ3n) is 2.58. The predicted octanol–water partition coefficient (Wildman–Crippen LogP) is 3.04. The fraction of sp³-hybridized carbons (Fsp3) is 0.154. The molecule has 0 atom stereocenters. The van der Waals surface area contributed by atoms with E-state index in [2.05, 4.69) is 20.9 Å². The topological polar surface area (TPSA) is 67.3 Å². The minimum absolute atomic E-state index is 0.0113. The fourth-order valence-corrected chi connectivity index (χ4v) is 2.17. The maximum atomic E-state index is 12.0. The molecular formula is C13H10BrNO3. The van der Waals surface area contributed by atoms with Gasteiger partial charge in [0.1, 0.15) is 0 Å². The smallest absolute Gasteiger partial charge is 0.303 e. The van der Waals surface area contributed by atoms with Crippen LogP contribution >= 0.6 is 15.9 Å². The minimum atomic E-state index is -0.974. The number of carbonyl (C=O) groups excluding carboxylic acids is 1. The molecule has 0 aliphatic rings. The Labute approximate surface area is 112 Å². The van der Waals surface area contributed by atoms with Gasteiger partial charge in [0.25, 0.3) is 0 Å². The Morgan fingerprint density at radius 3 is 2.72 bits per heavy atom. The van der Waals surface area contributed by atoms with E-state index in [1.165, 1.54) is 0 Å². The number of fused-ring (bicyclic) bond motifs is 1. The van der Waals surface area contributed by atoms with E-state index < -0.39 is 5.97 Å². The number of pyridine rings is 1. The Morgan fingerprint density at radius 2 is 2.00 bits per heavy atom. The van der Waals surface area contributed by atoms with E-state index in [0.717, 1.165) is 9.86 Å². The van der Waals surface area contributed by atoms with Crippen LogP contribution in [0.15, 0.2) is 34.9 Å². The second-order valence-electron chi connectivity index (χ2n) is 3.81. The molecule has 1 aromatic heterocycles. The largest absolute Gasteiger partial charge is 0.481 e. The van der Waals surface area contributed by atoms with Crippen LogP contribution in [0.3, 0.4) is 0 Å². The molecule has 0 saturated heterocycles. The molecule has 0 unspecified atom stereocenters. The van der Waals surface area contributed by atoms with Crippen LogP contribution in [0.1, 0.15) is 23.2 Å². The lowest BCUT2D eigenvalue weighted by Crippen LogP contribution is -2.05. The van der Waals surface area contributed by atoms with Crippen LogP contribution in [0.4, 0.5) is 0 Å². The van der Waals surface area contributed by atoms with Gasteiger partial charge in [-0.1, -0.05) is 22.0 Å². The highest BCUT2D eigenvalue weighted by Gasteiger charge is 2.13. The quantitative estimate of drug-likeness (QED) is 0.882. The number of rotatable bonds is 4. The monoisotopic (exact) mass is 307 g/mol. The van der Waals surface area contributed by atoms with Crippen molar-refractivity contribution in [3.05, 3.63) is 40.5 Å². The molecule has 0 saturated carbocycles. The van der Waals surface area contributed by atoms with E-state index in [9.17, 15) is 9.59 Å². The van der Waals surface area contributed by atoms with E-state index in [-0.39, 0.29) is 18.6 Å². The first kappa shape index (κ1) is 12.7. The van der Waals surface area contributed by atoms with Gasteiger partial charge in [-0.2, -0.15) is 0 Å². The molecule has 0 aliphatic carbocycles. The van der Waals surface area contributed by atoms with Gasteiger partial charge in [0.2, 0.25) is 0 Å². The molecule has 2 aromatic rings.